The van der Waals surface area contributed by atoms with E-state index >= 15 is 0 Å². The van der Waals surface area contributed by atoms with E-state index in [0.29, 0.717) is 17.1 Å². The fourth-order valence-corrected chi connectivity index (χ4v) is 3.34. The van der Waals surface area contributed by atoms with Crippen molar-refractivity contribution in [3.05, 3.63) is 11.4 Å². The molecule has 2 N–H and O–H groups in total. The topological polar surface area (TPSA) is 55.0 Å². The molecule has 2 unspecified atom stereocenters. The van der Waals surface area contributed by atoms with Crippen LogP contribution in [0.15, 0.2) is 0 Å². The Hall–Kier alpha value is -0.970. The van der Waals surface area contributed by atoms with E-state index in [4.69, 9.17) is 5.73 Å². The number of anilines is 2. The van der Waals surface area contributed by atoms with Crippen molar-refractivity contribution in [3.63, 3.8) is 0 Å². The van der Waals surface area contributed by atoms with Gasteiger partial charge in [-0.05, 0) is 13.8 Å². The van der Waals surface area contributed by atoms with Crippen molar-refractivity contribution in [2.24, 2.45) is 0 Å². The van der Waals surface area contributed by atoms with Gasteiger partial charge in [-0.25, -0.2) is 9.97 Å². The average molecular weight is 266 g/mol. The Morgan fingerprint density at radius 2 is 2.11 bits per heavy atom. The Morgan fingerprint density at radius 3 is 2.78 bits per heavy atom. The van der Waals surface area contributed by atoms with Crippen LogP contribution in [0.1, 0.15) is 32.2 Å². The van der Waals surface area contributed by atoms with Gasteiger partial charge >= 0.3 is 0 Å². The maximum absolute atomic E-state index is 6.00. The van der Waals surface area contributed by atoms with E-state index in [1.165, 1.54) is 0 Å². The smallest absolute Gasteiger partial charge is 0.137 e. The minimum absolute atomic E-state index is 0.487. The Bertz CT molecular complexity index is 435. The van der Waals surface area contributed by atoms with Crippen molar-refractivity contribution in [2.75, 3.05) is 22.9 Å². The SMILES string of the molecule is CCc1nc(N)c(C)c(N2CCSC(C)C2C)n1. The number of aryl methyl sites for hydroxylation is 1. The van der Waals surface area contributed by atoms with Crippen LogP contribution < -0.4 is 10.6 Å². The summed E-state index contributed by atoms with van der Waals surface area (Å²) in [6.07, 6.45) is 0.823. The van der Waals surface area contributed by atoms with Gasteiger partial charge in [0, 0.05) is 35.6 Å². The summed E-state index contributed by atoms with van der Waals surface area (Å²) in [4.78, 5) is 11.4. The van der Waals surface area contributed by atoms with Gasteiger partial charge in [0.15, 0.2) is 0 Å². The third-order valence-corrected chi connectivity index (χ3v) is 5.01. The summed E-state index contributed by atoms with van der Waals surface area (Å²) in [5.74, 6) is 3.64. The van der Waals surface area contributed by atoms with Crippen LogP contribution in [-0.4, -0.2) is 33.6 Å². The molecule has 18 heavy (non-hydrogen) atoms. The number of rotatable bonds is 2. The lowest BCUT2D eigenvalue weighted by Gasteiger charge is -2.39. The lowest BCUT2D eigenvalue weighted by molar-refractivity contribution is 0.616. The zero-order valence-electron chi connectivity index (χ0n) is 11.6. The first-order valence-electron chi connectivity index (χ1n) is 6.55. The lowest BCUT2D eigenvalue weighted by atomic mass is 10.1. The second-order valence-corrected chi connectivity index (χ2v) is 6.32. The monoisotopic (exact) mass is 266 g/mol. The highest BCUT2D eigenvalue weighted by atomic mass is 32.2. The van der Waals surface area contributed by atoms with E-state index in [1.807, 2.05) is 18.7 Å². The molecule has 5 heteroatoms. The molecule has 1 aliphatic rings. The normalized spacial score (nSPS) is 24.3. The van der Waals surface area contributed by atoms with Crippen LogP contribution in [0.25, 0.3) is 0 Å². The summed E-state index contributed by atoms with van der Waals surface area (Å²) in [5, 5.41) is 0.624. The molecule has 0 aromatic carbocycles. The molecular weight excluding hydrogens is 244 g/mol. The van der Waals surface area contributed by atoms with Crippen LogP contribution >= 0.6 is 11.8 Å². The molecule has 2 rings (SSSR count). The third kappa shape index (κ3) is 2.41. The van der Waals surface area contributed by atoms with Gasteiger partial charge in [-0.1, -0.05) is 13.8 Å². The predicted octanol–water partition coefficient (Wildman–Crippen LogP) is 2.26. The molecular formula is C13H22N4S. The number of aromatic nitrogens is 2. The zero-order valence-corrected chi connectivity index (χ0v) is 12.4. The molecule has 0 radical (unpaired) electrons. The maximum atomic E-state index is 6.00. The van der Waals surface area contributed by atoms with Crippen molar-refractivity contribution in [1.29, 1.82) is 0 Å². The summed E-state index contributed by atoms with van der Waals surface area (Å²) < 4.78 is 0. The average Bonchev–Trinajstić information content (AvgIpc) is 2.36. The van der Waals surface area contributed by atoms with Crippen LogP contribution in [0.4, 0.5) is 11.6 Å². The quantitative estimate of drug-likeness (QED) is 0.890. The molecule has 0 bridgehead atoms. The summed E-state index contributed by atoms with van der Waals surface area (Å²) >= 11 is 2.03. The summed E-state index contributed by atoms with van der Waals surface area (Å²) in [5.41, 5.74) is 7.01. The fourth-order valence-electron chi connectivity index (χ4n) is 2.24. The van der Waals surface area contributed by atoms with Crippen molar-refractivity contribution in [2.45, 2.75) is 45.4 Å². The van der Waals surface area contributed by atoms with Gasteiger partial charge in [0.2, 0.25) is 0 Å². The molecule has 100 valence electrons. The van der Waals surface area contributed by atoms with E-state index in [-0.39, 0.29) is 0 Å². The van der Waals surface area contributed by atoms with Crippen LogP contribution in [0.5, 0.6) is 0 Å². The molecule has 1 saturated heterocycles. The maximum Gasteiger partial charge on any atom is 0.137 e. The standard InChI is InChI=1S/C13H22N4S/c1-5-11-15-12(14)8(2)13(16-11)17-6-7-18-10(4)9(17)3/h9-10H,5-7H2,1-4H3,(H2,14,15,16). The Labute approximate surface area is 113 Å². The second-order valence-electron chi connectivity index (χ2n) is 4.84. The van der Waals surface area contributed by atoms with E-state index in [1.54, 1.807) is 0 Å². The molecule has 1 aliphatic heterocycles. The van der Waals surface area contributed by atoms with Crippen molar-refractivity contribution < 1.29 is 0 Å². The summed E-state index contributed by atoms with van der Waals surface area (Å²) in [6, 6.07) is 0.487. The van der Waals surface area contributed by atoms with Crippen LogP contribution in [0.3, 0.4) is 0 Å². The Morgan fingerprint density at radius 1 is 1.39 bits per heavy atom. The second kappa shape index (κ2) is 5.34. The summed E-state index contributed by atoms with van der Waals surface area (Å²) in [6.45, 7) is 9.66. The van der Waals surface area contributed by atoms with Gasteiger partial charge in [0.25, 0.3) is 0 Å². The molecule has 2 heterocycles. The van der Waals surface area contributed by atoms with Crippen LogP contribution in [0.2, 0.25) is 0 Å². The number of thioether (sulfide) groups is 1. The molecule has 2 atom stereocenters. The lowest BCUT2D eigenvalue weighted by Crippen LogP contribution is -2.45. The number of hydrogen-bond donors (Lipinski definition) is 1. The Balaban J connectivity index is 2.40. The van der Waals surface area contributed by atoms with Gasteiger partial charge in [0.05, 0.1) is 0 Å². The molecule has 1 aromatic heterocycles. The van der Waals surface area contributed by atoms with Gasteiger partial charge in [-0.2, -0.15) is 11.8 Å². The molecule has 4 nitrogen and oxygen atoms in total. The van der Waals surface area contributed by atoms with E-state index < -0.39 is 0 Å². The molecule has 1 fully saturated rings. The van der Waals surface area contributed by atoms with Crippen molar-refractivity contribution >= 4 is 23.4 Å². The van der Waals surface area contributed by atoms with E-state index in [9.17, 15) is 0 Å². The number of hydrogen-bond acceptors (Lipinski definition) is 5. The van der Waals surface area contributed by atoms with Crippen molar-refractivity contribution in [1.82, 2.24) is 9.97 Å². The largest absolute Gasteiger partial charge is 0.383 e. The molecule has 0 amide bonds. The Kier molecular flexibility index (Phi) is 4.00. The molecule has 1 aromatic rings. The number of nitrogen functional groups attached to an aromatic ring is 1. The van der Waals surface area contributed by atoms with Crippen LogP contribution in [-0.2, 0) is 6.42 Å². The fraction of sp³-hybridized carbons (Fsp3) is 0.692. The summed E-state index contributed by atoms with van der Waals surface area (Å²) in [7, 11) is 0. The van der Waals surface area contributed by atoms with Gasteiger partial charge < -0.3 is 10.6 Å². The van der Waals surface area contributed by atoms with E-state index in [0.717, 1.165) is 35.9 Å². The highest BCUT2D eigenvalue weighted by Gasteiger charge is 2.28. The highest BCUT2D eigenvalue weighted by Crippen LogP contribution is 2.31. The van der Waals surface area contributed by atoms with Crippen LogP contribution in [0, 0.1) is 6.92 Å². The zero-order chi connectivity index (χ0) is 13.3. The molecule has 0 saturated carbocycles. The number of nitrogens with zero attached hydrogens (tertiary/aromatic N) is 3. The highest BCUT2D eigenvalue weighted by molar-refractivity contribution is 8.00. The third-order valence-electron chi connectivity index (χ3n) is 3.68. The first kappa shape index (κ1) is 13.5. The first-order valence-corrected chi connectivity index (χ1v) is 7.60. The number of nitrogens with two attached hydrogens (primary N) is 1. The van der Waals surface area contributed by atoms with E-state index in [2.05, 4.69) is 35.6 Å². The molecule has 0 spiro atoms. The molecule has 0 aliphatic carbocycles. The van der Waals surface area contributed by atoms with Gasteiger partial charge in [-0.15, -0.1) is 0 Å². The van der Waals surface area contributed by atoms with Gasteiger partial charge in [-0.3, -0.25) is 0 Å². The minimum Gasteiger partial charge on any atom is -0.383 e. The predicted molar refractivity (Wildman–Crippen MR) is 79.3 cm³/mol. The van der Waals surface area contributed by atoms with Crippen molar-refractivity contribution in [3.8, 4) is 0 Å². The first-order chi connectivity index (χ1) is 8.54. The minimum atomic E-state index is 0.487. The van der Waals surface area contributed by atoms with Gasteiger partial charge in [0.1, 0.15) is 17.5 Å².